The van der Waals surface area contributed by atoms with Crippen molar-refractivity contribution in [2.75, 3.05) is 26.4 Å². The Labute approximate surface area is 175 Å². The topological polar surface area (TPSA) is 60.5 Å². The fraction of sp³-hybridized carbons (Fsp3) is 0.333. The zero-order valence-corrected chi connectivity index (χ0v) is 16.8. The summed E-state index contributed by atoms with van der Waals surface area (Å²) in [6, 6.07) is 16.0. The van der Waals surface area contributed by atoms with E-state index in [0.717, 1.165) is 22.2 Å². The Balaban J connectivity index is 1.34. The Kier molecular flexibility index (Phi) is 6.23. The summed E-state index contributed by atoms with van der Waals surface area (Å²) in [7, 11) is 0. The number of pyridine rings is 1. The largest absolute Gasteiger partial charge is 0.491 e. The van der Waals surface area contributed by atoms with Gasteiger partial charge in [0.05, 0.1) is 12.0 Å². The predicted octanol–water partition coefficient (Wildman–Crippen LogP) is 4.01. The molecule has 1 fully saturated rings. The van der Waals surface area contributed by atoms with Gasteiger partial charge in [-0.15, -0.1) is 0 Å². The number of nitrogens with zero attached hydrogens (tertiary/aromatic N) is 1. The lowest BCUT2D eigenvalue weighted by atomic mass is 9.73. The molecule has 0 bridgehead atoms. The highest BCUT2D eigenvalue weighted by Gasteiger charge is 2.41. The standard InChI is InChI=1S/C24H25FN2O3/c25-20-9-7-19(8-10-20)24(11-16-29-17-12-24)23(28)27-14-3-15-30-21-6-1-4-18-5-2-13-26-22(18)21/h1-2,4-10,13H,3,11-12,14-17H2,(H,27,28). The van der Waals surface area contributed by atoms with Crippen molar-refractivity contribution in [3.05, 3.63) is 72.2 Å². The molecule has 6 heteroatoms. The fourth-order valence-electron chi connectivity index (χ4n) is 3.95. The highest BCUT2D eigenvalue weighted by Crippen LogP contribution is 2.35. The van der Waals surface area contributed by atoms with Crippen molar-refractivity contribution in [3.8, 4) is 5.75 Å². The van der Waals surface area contributed by atoms with Gasteiger partial charge in [0.25, 0.3) is 0 Å². The molecule has 1 saturated heterocycles. The van der Waals surface area contributed by atoms with Crippen LogP contribution in [0.15, 0.2) is 60.8 Å². The number of ether oxygens (including phenoxy) is 2. The first kappa shape index (κ1) is 20.3. The second-order valence-electron chi connectivity index (χ2n) is 7.49. The molecule has 156 valence electrons. The minimum absolute atomic E-state index is 0.0377. The highest BCUT2D eigenvalue weighted by atomic mass is 19.1. The monoisotopic (exact) mass is 408 g/mol. The molecule has 0 radical (unpaired) electrons. The fourth-order valence-corrected chi connectivity index (χ4v) is 3.95. The Morgan fingerprint density at radius 1 is 1.10 bits per heavy atom. The third-order valence-electron chi connectivity index (χ3n) is 5.64. The Morgan fingerprint density at radius 2 is 1.87 bits per heavy atom. The van der Waals surface area contributed by atoms with Crippen LogP contribution in [0.1, 0.15) is 24.8 Å². The highest BCUT2D eigenvalue weighted by molar-refractivity contribution is 5.88. The van der Waals surface area contributed by atoms with Crippen LogP contribution in [0.25, 0.3) is 10.9 Å². The molecule has 0 saturated carbocycles. The second-order valence-corrected chi connectivity index (χ2v) is 7.49. The number of carbonyl (C=O) groups excluding carboxylic acids is 1. The zero-order valence-electron chi connectivity index (χ0n) is 16.8. The summed E-state index contributed by atoms with van der Waals surface area (Å²) in [6.45, 7) is 2.01. The molecule has 2 heterocycles. The third kappa shape index (κ3) is 4.28. The van der Waals surface area contributed by atoms with E-state index >= 15 is 0 Å². The van der Waals surface area contributed by atoms with Crippen LogP contribution in [0, 0.1) is 5.82 Å². The van der Waals surface area contributed by atoms with E-state index in [9.17, 15) is 9.18 Å². The molecule has 0 spiro atoms. The van der Waals surface area contributed by atoms with Crippen LogP contribution < -0.4 is 10.1 Å². The van der Waals surface area contributed by atoms with Gasteiger partial charge >= 0.3 is 0 Å². The number of hydrogen-bond donors (Lipinski definition) is 1. The van der Waals surface area contributed by atoms with Crippen LogP contribution >= 0.6 is 0 Å². The molecule has 1 aromatic heterocycles. The number of nitrogens with one attached hydrogen (secondary N) is 1. The van der Waals surface area contributed by atoms with Crippen LogP contribution in [-0.4, -0.2) is 37.3 Å². The van der Waals surface area contributed by atoms with Gasteiger partial charge < -0.3 is 14.8 Å². The van der Waals surface area contributed by atoms with Crippen molar-refractivity contribution in [1.29, 1.82) is 0 Å². The number of amides is 1. The molecule has 1 aliphatic rings. The first-order valence-electron chi connectivity index (χ1n) is 10.3. The van der Waals surface area contributed by atoms with Crippen LogP contribution in [0.2, 0.25) is 0 Å². The van der Waals surface area contributed by atoms with E-state index in [4.69, 9.17) is 9.47 Å². The number of rotatable bonds is 7. The van der Waals surface area contributed by atoms with E-state index < -0.39 is 5.41 Å². The molecule has 0 atom stereocenters. The molecule has 1 aliphatic heterocycles. The van der Waals surface area contributed by atoms with Crippen molar-refractivity contribution >= 4 is 16.8 Å². The molecule has 5 nitrogen and oxygen atoms in total. The van der Waals surface area contributed by atoms with Crippen molar-refractivity contribution < 1.29 is 18.7 Å². The van der Waals surface area contributed by atoms with E-state index in [2.05, 4.69) is 10.3 Å². The Morgan fingerprint density at radius 3 is 2.67 bits per heavy atom. The van der Waals surface area contributed by atoms with E-state index in [-0.39, 0.29) is 11.7 Å². The van der Waals surface area contributed by atoms with Gasteiger partial charge in [0.15, 0.2) is 0 Å². The SMILES string of the molecule is O=C(NCCCOc1cccc2cccnc12)C1(c2ccc(F)cc2)CCOCC1. The van der Waals surface area contributed by atoms with E-state index in [1.165, 1.54) is 12.1 Å². The van der Waals surface area contributed by atoms with Crippen molar-refractivity contribution in [1.82, 2.24) is 10.3 Å². The molecule has 2 aromatic carbocycles. The summed E-state index contributed by atoms with van der Waals surface area (Å²) in [4.78, 5) is 17.5. The first-order valence-corrected chi connectivity index (χ1v) is 10.3. The summed E-state index contributed by atoms with van der Waals surface area (Å²) in [5.41, 5.74) is 0.996. The number of carbonyl (C=O) groups is 1. The van der Waals surface area contributed by atoms with Gasteiger partial charge in [-0.3, -0.25) is 9.78 Å². The number of benzene rings is 2. The number of halogens is 1. The van der Waals surface area contributed by atoms with Crippen LogP contribution in [0.3, 0.4) is 0 Å². The molecular formula is C24H25FN2O3. The van der Waals surface area contributed by atoms with Gasteiger partial charge in [-0.1, -0.05) is 30.3 Å². The summed E-state index contributed by atoms with van der Waals surface area (Å²) >= 11 is 0. The first-order chi connectivity index (χ1) is 14.7. The van der Waals surface area contributed by atoms with Gasteiger partial charge in [0.1, 0.15) is 17.1 Å². The van der Waals surface area contributed by atoms with Gasteiger partial charge in [-0.25, -0.2) is 4.39 Å². The average molecular weight is 408 g/mol. The van der Waals surface area contributed by atoms with Gasteiger partial charge in [0.2, 0.25) is 5.91 Å². The zero-order chi connectivity index (χ0) is 20.8. The summed E-state index contributed by atoms with van der Waals surface area (Å²) in [6.07, 6.45) is 3.59. The number of para-hydroxylation sites is 1. The maximum absolute atomic E-state index is 13.4. The number of aromatic nitrogens is 1. The van der Waals surface area contributed by atoms with Gasteiger partial charge in [-0.2, -0.15) is 0 Å². The van der Waals surface area contributed by atoms with Gasteiger partial charge in [-0.05, 0) is 49.1 Å². The minimum Gasteiger partial charge on any atom is -0.491 e. The van der Waals surface area contributed by atoms with Crippen LogP contribution in [0.5, 0.6) is 5.75 Å². The molecule has 0 aliphatic carbocycles. The number of hydrogen-bond acceptors (Lipinski definition) is 4. The summed E-state index contributed by atoms with van der Waals surface area (Å²) in [5.74, 6) is 0.400. The predicted molar refractivity (Wildman–Crippen MR) is 113 cm³/mol. The maximum atomic E-state index is 13.4. The van der Waals surface area contributed by atoms with Crippen molar-refractivity contribution in [2.24, 2.45) is 0 Å². The summed E-state index contributed by atoms with van der Waals surface area (Å²) in [5, 5.41) is 4.08. The maximum Gasteiger partial charge on any atom is 0.230 e. The van der Waals surface area contributed by atoms with E-state index in [1.807, 2.05) is 30.3 Å². The molecule has 3 aromatic rings. The third-order valence-corrected chi connectivity index (χ3v) is 5.64. The molecule has 0 unspecified atom stereocenters. The van der Waals surface area contributed by atoms with Crippen LogP contribution in [0.4, 0.5) is 4.39 Å². The summed E-state index contributed by atoms with van der Waals surface area (Å²) < 4.78 is 24.7. The Hall–Kier alpha value is -2.99. The van der Waals surface area contributed by atoms with Crippen molar-refractivity contribution in [2.45, 2.75) is 24.7 Å². The minimum atomic E-state index is -0.674. The lowest BCUT2D eigenvalue weighted by Gasteiger charge is -2.36. The van der Waals surface area contributed by atoms with E-state index in [0.29, 0.717) is 45.6 Å². The van der Waals surface area contributed by atoms with Crippen LogP contribution in [-0.2, 0) is 14.9 Å². The normalized spacial score (nSPS) is 15.6. The molecule has 1 amide bonds. The van der Waals surface area contributed by atoms with Gasteiger partial charge in [0, 0.05) is 31.3 Å². The van der Waals surface area contributed by atoms with E-state index in [1.54, 1.807) is 18.3 Å². The number of fused-ring (bicyclic) bond motifs is 1. The average Bonchev–Trinajstić information content (AvgIpc) is 2.79. The molecule has 30 heavy (non-hydrogen) atoms. The lowest BCUT2D eigenvalue weighted by Crippen LogP contribution is -2.48. The Bertz CT molecular complexity index is 996. The molecular weight excluding hydrogens is 383 g/mol. The van der Waals surface area contributed by atoms with Crippen molar-refractivity contribution in [3.63, 3.8) is 0 Å². The lowest BCUT2D eigenvalue weighted by molar-refractivity contribution is -0.130. The smallest absolute Gasteiger partial charge is 0.230 e. The molecule has 1 N–H and O–H groups in total. The molecule has 4 rings (SSSR count). The quantitative estimate of drug-likeness (QED) is 0.600. The second kappa shape index (κ2) is 9.22.